The van der Waals surface area contributed by atoms with E-state index in [4.69, 9.17) is 5.11 Å². The lowest BCUT2D eigenvalue weighted by molar-refractivity contribution is -0.129. The molecular weight excluding hydrogens is 166 g/mol. The van der Waals surface area contributed by atoms with E-state index in [0.717, 1.165) is 6.54 Å². The molecule has 2 unspecified atom stereocenters. The summed E-state index contributed by atoms with van der Waals surface area (Å²) >= 11 is 0. The molecule has 1 amide bonds. The smallest absolute Gasteiger partial charge is 0.223 e. The minimum Gasteiger partial charge on any atom is -0.396 e. The topological polar surface area (TPSA) is 40.5 Å². The molecule has 0 bridgehead atoms. The lowest BCUT2D eigenvalue weighted by Gasteiger charge is -2.23. The van der Waals surface area contributed by atoms with Gasteiger partial charge in [0.05, 0.1) is 0 Å². The van der Waals surface area contributed by atoms with Crippen molar-refractivity contribution in [2.45, 2.75) is 25.8 Å². The van der Waals surface area contributed by atoms with Crippen LogP contribution in [0.3, 0.4) is 0 Å². The van der Waals surface area contributed by atoms with E-state index in [0.29, 0.717) is 18.8 Å². The van der Waals surface area contributed by atoms with Crippen LogP contribution >= 0.6 is 0 Å². The molecule has 0 aromatic carbocycles. The third-order valence-electron chi connectivity index (χ3n) is 2.60. The van der Waals surface area contributed by atoms with Crippen LogP contribution in [0.5, 0.6) is 0 Å². The first-order valence-corrected chi connectivity index (χ1v) is 4.72. The van der Waals surface area contributed by atoms with Crippen LogP contribution in [0.15, 0.2) is 12.7 Å². The predicted molar refractivity (Wildman–Crippen MR) is 51.2 cm³/mol. The zero-order valence-electron chi connectivity index (χ0n) is 8.07. The number of aliphatic hydroxyl groups excluding tert-OH is 1. The first-order valence-electron chi connectivity index (χ1n) is 4.72. The van der Waals surface area contributed by atoms with Crippen molar-refractivity contribution in [1.29, 1.82) is 0 Å². The van der Waals surface area contributed by atoms with Crippen molar-refractivity contribution in [3.63, 3.8) is 0 Å². The van der Waals surface area contributed by atoms with Gasteiger partial charge in [0, 0.05) is 31.5 Å². The van der Waals surface area contributed by atoms with Gasteiger partial charge in [-0.25, -0.2) is 0 Å². The van der Waals surface area contributed by atoms with Crippen molar-refractivity contribution >= 4 is 5.91 Å². The highest BCUT2D eigenvalue weighted by Crippen LogP contribution is 2.21. The third kappa shape index (κ3) is 2.31. The van der Waals surface area contributed by atoms with E-state index in [1.54, 1.807) is 0 Å². The normalized spacial score (nSPS) is 24.9. The molecule has 1 aliphatic heterocycles. The molecule has 1 rings (SSSR count). The lowest BCUT2D eigenvalue weighted by Crippen LogP contribution is -2.34. The maximum absolute atomic E-state index is 11.5. The Morgan fingerprint density at radius 2 is 2.54 bits per heavy atom. The van der Waals surface area contributed by atoms with E-state index in [1.165, 1.54) is 0 Å². The van der Waals surface area contributed by atoms with Crippen LogP contribution in [0.25, 0.3) is 0 Å². The molecule has 1 fully saturated rings. The minimum atomic E-state index is 0.143. The van der Waals surface area contributed by atoms with Crippen LogP contribution in [0.2, 0.25) is 0 Å². The molecule has 1 saturated heterocycles. The number of aliphatic hydroxyl groups is 1. The van der Waals surface area contributed by atoms with Crippen LogP contribution < -0.4 is 0 Å². The fourth-order valence-electron chi connectivity index (χ4n) is 1.69. The molecule has 13 heavy (non-hydrogen) atoms. The number of hydrogen-bond donors (Lipinski definition) is 1. The highest BCUT2D eigenvalue weighted by molar-refractivity contribution is 5.79. The SMILES string of the molecule is C=CC1CC(=O)N(C(C)CCO)C1. The summed E-state index contributed by atoms with van der Waals surface area (Å²) in [5, 5.41) is 8.75. The Kier molecular flexibility index (Phi) is 3.48. The molecule has 0 radical (unpaired) electrons. The number of carbonyl (C=O) groups excluding carboxylic acids is 1. The lowest BCUT2D eigenvalue weighted by atomic mass is 10.1. The monoisotopic (exact) mass is 183 g/mol. The Morgan fingerprint density at radius 3 is 3.00 bits per heavy atom. The van der Waals surface area contributed by atoms with E-state index in [1.807, 2.05) is 17.9 Å². The van der Waals surface area contributed by atoms with E-state index >= 15 is 0 Å². The zero-order chi connectivity index (χ0) is 9.84. The van der Waals surface area contributed by atoms with Crippen LogP contribution in [-0.2, 0) is 4.79 Å². The minimum absolute atomic E-state index is 0.143. The Balaban J connectivity index is 2.51. The first-order chi connectivity index (χ1) is 6.19. The standard InChI is InChI=1S/C10H17NO2/c1-3-9-6-10(13)11(7-9)8(2)4-5-12/h3,8-9,12H,1,4-7H2,2H3. The number of likely N-dealkylation sites (tertiary alicyclic amines) is 1. The van der Waals surface area contributed by atoms with Crippen LogP contribution in [0.4, 0.5) is 0 Å². The Bertz CT molecular complexity index is 203. The van der Waals surface area contributed by atoms with E-state index in [2.05, 4.69) is 6.58 Å². The molecule has 0 saturated carbocycles. The van der Waals surface area contributed by atoms with Crippen molar-refractivity contribution in [3.05, 3.63) is 12.7 Å². The van der Waals surface area contributed by atoms with Crippen molar-refractivity contribution in [1.82, 2.24) is 4.90 Å². The first kappa shape index (κ1) is 10.3. The van der Waals surface area contributed by atoms with Gasteiger partial charge in [-0.2, -0.15) is 0 Å². The summed E-state index contributed by atoms with van der Waals surface area (Å²) in [7, 11) is 0. The van der Waals surface area contributed by atoms with E-state index in [9.17, 15) is 4.79 Å². The summed E-state index contributed by atoms with van der Waals surface area (Å²) < 4.78 is 0. The number of carbonyl (C=O) groups is 1. The van der Waals surface area contributed by atoms with Gasteiger partial charge < -0.3 is 10.0 Å². The molecule has 74 valence electrons. The van der Waals surface area contributed by atoms with Gasteiger partial charge in [-0.05, 0) is 13.3 Å². The molecule has 0 aromatic heterocycles. The van der Waals surface area contributed by atoms with Crippen LogP contribution in [0, 0.1) is 5.92 Å². The zero-order valence-corrected chi connectivity index (χ0v) is 8.07. The van der Waals surface area contributed by atoms with Gasteiger partial charge in [-0.1, -0.05) is 6.08 Å². The van der Waals surface area contributed by atoms with Crippen LogP contribution in [0.1, 0.15) is 19.8 Å². The summed E-state index contributed by atoms with van der Waals surface area (Å²) in [6, 6.07) is 0.155. The second-order valence-corrected chi connectivity index (χ2v) is 3.61. The van der Waals surface area contributed by atoms with Gasteiger partial charge in [0.1, 0.15) is 0 Å². The predicted octanol–water partition coefficient (Wildman–Crippen LogP) is 0.792. The maximum Gasteiger partial charge on any atom is 0.223 e. The number of nitrogens with zero attached hydrogens (tertiary/aromatic N) is 1. The molecule has 3 nitrogen and oxygen atoms in total. The maximum atomic E-state index is 11.5. The molecule has 1 heterocycles. The van der Waals surface area contributed by atoms with E-state index < -0.39 is 0 Å². The van der Waals surface area contributed by atoms with Gasteiger partial charge in [-0.15, -0.1) is 6.58 Å². The fourth-order valence-corrected chi connectivity index (χ4v) is 1.69. The molecular formula is C10H17NO2. The van der Waals surface area contributed by atoms with Crippen molar-refractivity contribution in [2.75, 3.05) is 13.2 Å². The second kappa shape index (κ2) is 4.42. The third-order valence-corrected chi connectivity index (χ3v) is 2.60. The van der Waals surface area contributed by atoms with Crippen LogP contribution in [-0.4, -0.2) is 35.1 Å². The molecule has 1 N–H and O–H groups in total. The van der Waals surface area contributed by atoms with Gasteiger partial charge in [-0.3, -0.25) is 4.79 Å². The molecule has 1 aliphatic rings. The molecule has 2 atom stereocenters. The Labute approximate surface area is 79.0 Å². The second-order valence-electron chi connectivity index (χ2n) is 3.61. The average Bonchev–Trinajstić information content (AvgIpc) is 2.47. The van der Waals surface area contributed by atoms with Crippen molar-refractivity contribution in [3.8, 4) is 0 Å². The Morgan fingerprint density at radius 1 is 1.85 bits per heavy atom. The number of amides is 1. The summed E-state index contributed by atoms with van der Waals surface area (Å²) in [5.74, 6) is 0.486. The fraction of sp³-hybridized carbons (Fsp3) is 0.700. The molecule has 0 aliphatic carbocycles. The summed E-state index contributed by atoms with van der Waals surface area (Å²) in [4.78, 5) is 13.3. The average molecular weight is 183 g/mol. The number of rotatable bonds is 4. The van der Waals surface area contributed by atoms with Gasteiger partial charge in [0.15, 0.2) is 0 Å². The van der Waals surface area contributed by atoms with Gasteiger partial charge in [0.25, 0.3) is 0 Å². The molecule has 3 heteroatoms. The van der Waals surface area contributed by atoms with Gasteiger partial charge in [0.2, 0.25) is 5.91 Å². The summed E-state index contributed by atoms with van der Waals surface area (Å²) in [5.41, 5.74) is 0. The number of hydrogen-bond acceptors (Lipinski definition) is 2. The summed E-state index contributed by atoms with van der Waals surface area (Å²) in [6.07, 6.45) is 3.08. The highest BCUT2D eigenvalue weighted by atomic mass is 16.3. The van der Waals surface area contributed by atoms with Crippen molar-refractivity contribution < 1.29 is 9.90 Å². The quantitative estimate of drug-likeness (QED) is 0.655. The summed E-state index contributed by atoms with van der Waals surface area (Å²) in [6.45, 7) is 6.57. The van der Waals surface area contributed by atoms with Crippen molar-refractivity contribution in [2.24, 2.45) is 5.92 Å². The van der Waals surface area contributed by atoms with Gasteiger partial charge >= 0.3 is 0 Å². The Hall–Kier alpha value is -0.830. The molecule has 0 spiro atoms. The largest absolute Gasteiger partial charge is 0.396 e. The molecule has 0 aromatic rings. The van der Waals surface area contributed by atoms with E-state index in [-0.39, 0.29) is 18.6 Å². The highest BCUT2D eigenvalue weighted by Gasteiger charge is 2.30.